The number of nitriles is 1. The highest BCUT2D eigenvalue weighted by Gasteiger charge is 2.29. The Hall–Kier alpha value is -4.27. The first-order valence-electron chi connectivity index (χ1n) is 11.5. The average molecular weight is 539 g/mol. The maximum absolute atomic E-state index is 13.3. The lowest BCUT2D eigenvalue weighted by molar-refractivity contribution is -0.118. The van der Waals surface area contributed by atoms with Crippen molar-refractivity contribution in [3.63, 3.8) is 0 Å². The van der Waals surface area contributed by atoms with Gasteiger partial charge in [0, 0.05) is 23.7 Å². The molecule has 0 aromatic heterocycles. The van der Waals surface area contributed by atoms with Crippen LogP contribution in [0.3, 0.4) is 0 Å². The van der Waals surface area contributed by atoms with E-state index in [1.165, 1.54) is 51.3 Å². The summed E-state index contributed by atoms with van der Waals surface area (Å²) in [6.45, 7) is 2.83. The van der Waals surface area contributed by atoms with Gasteiger partial charge in [0.2, 0.25) is 15.9 Å². The summed E-state index contributed by atoms with van der Waals surface area (Å²) >= 11 is 0. The van der Waals surface area contributed by atoms with Gasteiger partial charge in [-0.1, -0.05) is 30.3 Å². The lowest BCUT2D eigenvalue weighted by atomic mass is 10.0. The molecule has 0 aliphatic rings. The maximum Gasteiger partial charge on any atom is 0.251 e. The Kier molecular flexibility index (Phi) is 8.83. The molecular weight excluding hydrogens is 511 g/mol. The van der Waals surface area contributed by atoms with Crippen molar-refractivity contribution in [3.8, 4) is 11.8 Å². The quantitative estimate of drug-likeness (QED) is 0.362. The lowest BCUT2D eigenvalue weighted by Gasteiger charge is -2.20. The number of benzene rings is 3. The third-order valence-electron chi connectivity index (χ3n) is 5.40. The minimum absolute atomic E-state index is 0.0565. The summed E-state index contributed by atoms with van der Waals surface area (Å²) in [5.41, 5.74) is -0.164. The van der Waals surface area contributed by atoms with Crippen LogP contribution in [-0.4, -0.2) is 38.9 Å². The molecule has 0 radical (unpaired) electrons. The number of carbonyl (C=O) groups excluding carboxylic acids is 2. The smallest absolute Gasteiger partial charge is 0.251 e. The highest BCUT2D eigenvalue weighted by Crippen LogP contribution is 2.28. The van der Waals surface area contributed by atoms with E-state index in [0.717, 1.165) is 17.7 Å². The summed E-state index contributed by atoms with van der Waals surface area (Å²) in [6.07, 6.45) is 0.163. The number of ether oxygens (including phenoxy) is 1. The second-order valence-corrected chi connectivity index (χ2v) is 10.6. The summed E-state index contributed by atoms with van der Waals surface area (Å²) in [7, 11) is -2.84. The second-order valence-electron chi connectivity index (χ2n) is 8.92. The van der Waals surface area contributed by atoms with Gasteiger partial charge in [0.1, 0.15) is 28.0 Å². The van der Waals surface area contributed by atoms with Gasteiger partial charge in [-0.25, -0.2) is 12.8 Å². The van der Waals surface area contributed by atoms with Crippen molar-refractivity contribution in [3.05, 3.63) is 89.7 Å². The fraction of sp³-hybridized carbons (Fsp3) is 0.222. The fourth-order valence-electron chi connectivity index (χ4n) is 3.51. The number of sulfonamides is 1. The zero-order chi connectivity index (χ0) is 27.9. The van der Waals surface area contributed by atoms with E-state index in [1.807, 2.05) is 24.3 Å². The number of anilines is 1. The zero-order valence-corrected chi connectivity index (χ0v) is 21.8. The molecule has 3 rings (SSSR count). The summed E-state index contributed by atoms with van der Waals surface area (Å²) in [4.78, 5) is 25.8. The SMILES string of the molecule is COc1cc(NC(=O)[C@H](Cc2ccccc2)NC(=O)c2ccc(F)cc2)ccc1S(=O)(=O)NC(C)(C)C#N. The van der Waals surface area contributed by atoms with Gasteiger partial charge >= 0.3 is 0 Å². The Morgan fingerprint density at radius 3 is 2.32 bits per heavy atom. The van der Waals surface area contributed by atoms with Crippen molar-refractivity contribution < 1.29 is 27.1 Å². The number of methoxy groups -OCH3 is 1. The number of hydrogen-bond donors (Lipinski definition) is 3. The molecule has 3 N–H and O–H groups in total. The van der Waals surface area contributed by atoms with E-state index in [-0.39, 0.29) is 28.3 Å². The molecule has 0 spiro atoms. The molecule has 1 atom stereocenters. The molecule has 0 saturated heterocycles. The van der Waals surface area contributed by atoms with Gasteiger partial charge in [0.05, 0.1) is 13.2 Å². The third-order valence-corrected chi connectivity index (χ3v) is 7.10. The highest BCUT2D eigenvalue weighted by atomic mass is 32.2. The van der Waals surface area contributed by atoms with Crippen LogP contribution in [0.1, 0.15) is 29.8 Å². The van der Waals surface area contributed by atoms with E-state index < -0.39 is 39.2 Å². The molecule has 0 unspecified atom stereocenters. The van der Waals surface area contributed by atoms with Crippen LogP contribution in [-0.2, 0) is 21.2 Å². The number of halogens is 1. The van der Waals surface area contributed by atoms with Crippen molar-refractivity contribution >= 4 is 27.5 Å². The third kappa shape index (κ3) is 7.38. The number of rotatable bonds is 10. The number of carbonyl (C=O) groups is 2. The minimum atomic E-state index is -4.12. The average Bonchev–Trinajstić information content (AvgIpc) is 2.88. The Bertz CT molecular complexity index is 1450. The molecular formula is C27H27FN4O5S. The first-order valence-corrected chi connectivity index (χ1v) is 13.0. The molecule has 3 aromatic carbocycles. The van der Waals surface area contributed by atoms with E-state index in [1.54, 1.807) is 12.1 Å². The fourth-order valence-corrected chi connectivity index (χ4v) is 4.99. The van der Waals surface area contributed by atoms with Crippen molar-refractivity contribution in [1.82, 2.24) is 10.0 Å². The van der Waals surface area contributed by atoms with Crippen LogP contribution in [0.5, 0.6) is 5.75 Å². The van der Waals surface area contributed by atoms with E-state index in [2.05, 4.69) is 15.4 Å². The standard InChI is InChI=1S/C27H27FN4O5S/c1-27(2,17-29)32-38(35,36)24-14-13-21(16-23(24)37-3)30-26(34)22(15-18-7-5-4-6-8-18)31-25(33)19-9-11-20(28)12-10-19/h4-14,16,22,32H,15H2,1-3H3,(H,30,34)(H,31,33)/t22-/m0/s1. The molecule has 2 amide bonds. The largest absolute Gasteiger partial charge is 0.495 e. The first kappa shape index (κ1) is 28.3. The number of hydrogen-bond acceptors (Lipinski definition) is 6. The Morgan fingerprint density at radius 2 is 1.71 bits per heavy atom. The topological polar surface area (TPSA) is 137 Å². The summed E-state index contributed by atoms with van der Waals surface area (Å²) in [5.74, 6) is -1.68. The van der Waals surface area contributed by atoms with E-state index >= 15 is 0 Å². The molecule has 0 fully saturated rings. The van der Waals surface area contributed by atoms with Crippen LogP contribution < -0.4 is 20.1 Å². The van der Waals surface area contributed by atoms with E-state index in [0.29, 0.717) is 0 Å². The van der Waals surface area contributed by atoms with Crippen LogP contribution in [0.4, 0.5) is 10.1 Å². The molecule has 0 aliphatic carbocycles. The molecule has 3 aromatic rings. The van der Waals surface area contributed by atoms with Gasteiger partial charge in [0.15, 0.2) is 0 Å². The van der Waals surface area contributed by atoms with Gasteiger partial charge in [-0.2, -0.15) is 9.98 Å². The molecule has 9 nitrogen and oxygen atoms in total. The predicted octanol–water partition coefficient (Wildman–Crippen LogP) is 3.39. The predicted molar refractivity (Wildman–Crippen MR) is 139 cm³/mol. The zero-order valence-electron chi connectivity index (χ0n) is 21.0. The Labute approximate surface area is 220 Å². The Morgan fingerprint density at radius 1 is 1.05 bits per heavy atom. The number of nitrogens with zero attached hydrogens (tertiary/aromatic N) is 1. The molecule has 11 heteroatoms. The molecule has 0 saturated carbocycles. The number of nitrogens with one attached hydrogen (secondary N) is 3. The van der Waals surface area contributed by atoms with E-state index in [4.69, 9.17) is 4.74 Å². The van der Waals surface area contributed by atoms with Crippen LogP contribution in [0.25, 0.3) is 0 Å². The van der Waals surface area contributed by atoms with Crippen molar-refractivity contribution in [1.29, 1.82) is 5.26 Å². The van der Waals surface area contributed by atoms with Gasteiger partial charge in [0.25, 0.3) is 5.91 Å². The van der Waals surface area contributed by atoms with Crippen molar-refractivity contribution in [2.75, 3.05) is 12.4 Å². The summed E-state index contributed by atoms with van der Waals surface area (Å²) in [6, 6.07) is 18.8. The van der Waals surface area contributed by atoms with E-state index in [9.17, 15) is 27.7 Å². The maximum atomic E-state index is 13.3. The van der Waals surface area contributed by atoms with Crippen molar-refractivity contribution in [2.45, 2.75) is 36.7 Å². The number of amides is 2. The van der Waals surface area contributed by atoms with Gasteiger partial charge in [-0.15, -0.1) is 0 Å². The molecule has 38 heavy (non-hydrogen) atoms. The second kappa shape index (κ2) is 11.9. The van der Waals surface area contributed by atoms with Crippen LogP contribution >= 0.6 is 0 Å². The molecule has 0 heterocycles. The van der Waals surface area contributed by atoms with Gasteiger partial charge in [-0.3, -0.25) is 9.59 Å². The van der Waals surface area contributed by atoms with Crippen LogP contribution in [0.15, 0.2) is 77.7 Å². The van der Waals surface area contributed by atoms with Gasteiger partial charge < -0.3 is 15.4 Å². The molecule has 198 valence electrons. The van der Waals surface area contributed by atoms with Crippen LogP contribution in [0.2, 0.25) is 0 Å². The Balaban J connectivity index is 1.85. The molecule has 0 bridgehead atoms. The van der Waals surface area contributed by atoms with Crippen molar-refractivity contribution in [2.24, 2.45) is 0 Å². The monoisotopic (exact) mass is 538 g/mol. The van der Waals surface area contributed by atoms with Crippen LogP contribution in [0, 0.1) is 17.1 Å². The van der Waals surface area contributed by atoms with Gasteiger partial charge in [-0.05, 0) is 55.8 Å². The highest BCUT2D eigenvalue weighted by molar-refractivity contribution is 7.89. The summed E-state index contributed by atoms with van der Waals surface area (Å²) in [5, 5.41) is 14.5. The summed E-state index contributed by atoms with van der Waals surface area (Å²) < 4.78 is 46.4. The molecule has 0 aliphatic heterocycles. The minimum Gasteiger partial charge on any atom is -0.495 e. The lowest BCUT2D eigenvalue weighted by Crippen LogP contribution is -2.45. The first-order chi connectivity index (χ1) is 17.9. The normalized spacial score (nSPS) is 12.2.